The van der Waals surface area contributed by atoms with Crippen LogP contribution in [0.2, 0.25) is 5.02 Å². The monoisotopic (exact) mass is 290 g/mol. The molecule has 2 unspecified atom stereocenters. The van der Waals surface area contributed by atoms with Gasteiger partial charge in [0.1, 0.15) is 11.8 Å². The van der Waals surface area contributed by atoms with E-state index in [9.17, 15) is 4.79 Å². The third-order valence-electron chi connectivity index (χ3n) is 3.45. The van der Waals surface area contributed by atoms with Gasteiger partial charge in [-0.05, 0) is 36.2 Å². The topological polar surface area (TPSA) is 54.1 Å². The minimum atomic E-state index is -0.119. The summed E-state index contributed by atoms with van der Waals surface area (Å²) in [5.41, 5.74) is 1.59. The molecule has 0 bridgehead atoms. The number of hydrogen-bond donors (Lipinski definition) is 2. The molecule has 0 saturated carbocycles. The van der Waals surface area contributed by atoms with Crippen molar-refractivity contribution in [1.29, 1.82) is 0 Å². The molecular weight excluding hydrogens is 276 g/mol. The van der Waals surface area contributed by atoms with Crippen LogP contribution in [0.5, 0.6) is 0 Å². The molecule has 1 aromatic carbocycles. The summed E-state index contributed by atoms with van der Waals surface area (Å²) in [5.74, 6) is -0.107. The largest absolute Gasteiger partial charge is 0.371 e. The third kappa shape index (κ3) is 2.71. The van der Waals surface area contributed by atoms with Gasteiger partial charge in [-0.2, -0.15) is 0 Å². The van der Waals surface area contributed by atoms with E-state index in [0.717, 1.165) is 12.0 Å². The van der Waals surface area contributed by atoms with Crippen molar-refractivity contribution in [2.75, 3.05) is 6.61 Å². The predicted molar refractivity (Wildman–Crippen MR) is 76.8 cm³/mol. The van der Waals surface area contributed by atoms with Gasteiger partial charge >= 0.3 is 0 Å². The van der Waals surface area contributed by atoms with E-state index in [1.807, 2.05) is 24.3 Å². The quantitative estimate of drug-likeness (QED) is 0.913. The van der Waals surface area contributed by atoms with E-state index in [1.54, 1.807) is 18.3 Å². The minimum Gasteiger partial charge on any atom is -0.371 e. The zero-order valence-electron chi connectivity index (χ0n) is 10.8. The highest BCUT2D eigenvalue weighted by molar-refractivity contribution is 6.30. The van der Waals surface area contributed by atoms with Gasteiger partial charge < -0.3 is 15.0 Å². The van der Waals surface area contributed by atoms with Crippen LogP contribution in [0, 0.1) is 0 Å². The Balaban J connectivity index is 1.72. The summed E-state index contributed by atoms with van der Waals surface area (Å²) in [4.78, 5) is 15.0. The fraction of sp³-hybridized carbons (Fsp3) is 0.267. The van der Waals surface area contributed by atoms with E-state index in [-0.39, 0.29) is 18.1 Å². The minimum absolute atomic E-state index is 0.0213. The molecule has 1 aliphatic rings. The molecule has 2 N–H and O–H groups in total. The lowest BCUT2D eigenvalue weighted by atomic mass is 10.0. The lowest BCUT2D eigenvalue weighted by molar-refractivity contribution is 0.0818. The molecule has 2 heterocycles. The first-order valence-corrected chi connectivity index (χ1v) is 6.93. The summed E-state index contributed by atoms with van der Waals surface area (Å²) in [5, 5.41) is 3.71. The average molecular weight is 291 g/mol. The summed E-state index contributed by atoms with van der Waals surface area (Å²) >= 11 is 5.89. The van der Waals surface area contributed by atoms with Crippen molar-refractivity contribution in [3.63, 3.8) is 0 Å². The lowest BCUT2D eigenvalue weighted by Crippen LogP contribution is -2.36. The highest BCUT2D eigenvalue weighted by atomic mass is 35.5. The summed E-state index contributed by atoms with van der Waals surface area (Å²) in [6, 6.07) is 11.1. The molecule has 5 heteroatoms. The number of hydrogen-bond acceptors (Lipinski definition) is 2. The van der Waals surface area contributed by atoms with Crippen LogP contribution in [-0.2, 0) is 4.74 Å². The molecule has 1 aliphatic heterocycles. The number of halogens is 1. The number of carbonyl (C=O) groups excluding carboxylic acids is 1. The van der Waals surface area contributed by atoms with Crippen LogP contribution < -0.4 is 5.32 Å². The Kier molecular flexibility index (Phi) is 3.76. The molecule has 20 heavy (non-hydrogen) atoms. The van der Waals surface area contributed by atoms with E-state index >= 15 is 0 Å². The van der Waals surface area contributed by atoms with Gasteiger partial charge in [-0.3, -0.25) is 4.79 Å². The number of rotatable bonds is 3. The molecule has 0 spiro atoms. The number of aromatic amines is 1. The van der Waals surface area contributed by atoms with Gasteiger partial charge in [-0.1, -0.05) is 23.7 Å². The van der Waals surface area contributed by atoms with Crippen LogP contribution in [0.3, 0.4) is 0 Å². The maximum Gasteiger partial charge on any atom is 0.268 e. The normalized spacial score (nSPS) is 21.9. The maximum atomic E-state index is 12.1. The second-order valence-electron chi connectivity index (χ2n) is 4.80. The van der Waals surface area contributed by atoms with E-state index < -0.39 is 0 Å². The number of carbonyl (C=O) groups is 1. The zero-order chi connectivity index (χ0) is 13.9. The molecule has 1 amide bonds. The predicted octanol–water partition coefficient (Wildman–Crippen LogP) is 2.93. The molecule has 104 valence electrons. The molecule has 4 nitrogen and oxygen atoms in total. The summed E-state index contributed by atoms with van der Waals surface area (Å²) in [6.45, 7) is 0.642. The Bertz CT molecular complexity index is 580. The van der Waals surface area contributed by atoms with Crippen LogP contribution in [0.25, 0.3) is 0 Å². The van der Waals surface area contributed by atoms with Crippen LogP contribution in [0.4, 0.5) is 0 Å². The number of H-pyrrole nitrogens is 1. The van der Waals surface area contributed by atoms with E-state index in [0.29, 0.717) is 17.3 Å². The molecule has 2 aromatic rings. The number of amides is 1. The molecule has 3 rings (SSSR count). The highest BCUT2D eigenvalue weighted by Gasteiger charge is 2.31. The van der Waals surface area contributed by atoms with Crippen molar-refractivity contribution in [2.45, 2.75) is 18.6 Å². The van der Waals surface area contributed by atoms with Crippen molar-refractivity contribution >= 4 is 17.5 Å². The van der Waals surface area contributed by atoms with Gasteiger partial charge in [-0.15, -0.1) is 0 Å². The van der Waals surface area contributed by atoms with Crippen molar-refractivity contribution in [3.8, 4) is 0 Å². The van der Waals surface area contributed by atoms with Gasteiger partial charge in [0.25, 0.3) is 5.91 Å². The Morgan fingerprint density at radius 1 is 1.30 bits per heavy atom. The van der Waals surface area contributed by atoms with Crippen molar-refractivity contribution in [1.82, 2.24) is 10.3 Å². The van der Waals surface area contributed by atoms with Crippen LogP contribution in [0.1, 0.15) is 28.6 Å². The van der Waals surface area contributed by atoms with Crippen molar-refractivity contribution in [2.24, 2.45) is 0 Å². The smallest absolute Gasteiger partial charge is 0.268 e. The van der Waals surface area contributed by atoms with Gasteiger partial charge in [0.2, 0.25) is 0 Å². The second-order valence-corrected chi connectivity index (χ2v) is 5.23. The Morgan fingerprint density at radius 2 is 2.10 bits per heavy atom. The standard InChI is InChI=1S/C15H15ClN2O2/c16-11-5-3-10(4-6-11)14-12(7-9-20-14)18-15(19)13-2-1-8-17-13/h1-6,8,12,14,17H,7,9H2,(H,18,19). The van der Waals surface area contributed by atoms with E-state index in [2.05, 4.69) is 10.3 Å². The Labute approximate surface area is 122 Å². The average Bonchev–Trinajstić information content (AvgIpc) is 3.10. The highest BCUT2D eigenvalue weighted by Crippen LogP contribution is 2.30. The van der Waals surface area contributed by atoms with Gasteiger partial charge in [0, 0.05) is 17.8 Å². The first-order chi connectivity index (χ1) is 9.74. The van der Waals surface area contributed by atoms with Gasteiger partial charge in [0.05, 0.1) is 6.04 Å². The molecule has 1 aromatic heterocycles. The van der Waals surface area contributed by atoms with Gasteiger partial charge in [-0.25, -0.2) is 0 Å². The van der Waals surface area contributed by atoms with E-state index in [4.69, 9.17) is 16.3 Å². The Hall–Kier alpha value is -1.78. The van der Waals surface area contributed by atoms with Crippen LogP contribution >= 0.6 is 11.6 Å². The second kappa shape index (κ2) is 5.69. The number of nitrogens with one attached hydrogen (secondary N) is 2. The first-order valence-electron chi connectivity index (χ1n) is 6.55. The zero-order valence-corrected chi connectivity index (χ0v) is 11.6. The number of ether oxygens (including phenoxy) is 1. The summed E-state index contributed by atoms with van der Waals surface area (Å²) in [7, 11) is 0. The molecule has 0 aliphatic carbocycles. The fourth-order valence-electron chi connectivity index (χ4n) is 2.44. The van der Waals surface area contributed by atoms with Crippen molar-refractivity contribution < 1.29 is 9.53 Å². The summed E-state index contributed by atoms with van der Waals surface area (Å²) < 4.78 is 5.74. The number of aromatic nitrogens is 1. The van der Waals surface area contributed by atoms with E-state index in [1.165, 1.54) is 0 Å². The van der Waals surface area contributed by atoms with Crippen LogP contribution in [-0.4, -0.2) is 23.5 Å². The van der Waals surface area contributed by atoms with Gasteiger partial charge in [0.15, 0.2) is 0 Å². The maximum absolute atomic E-state index is 12.1. The Morgan fingerprint density at radius 3 is 2.80 bits per heavy atom. The van der Waals surface area contributed by atoms with Crippen molar-refractivity contribution in [3.05, 3.63) is 58.9 Å². The fourth-order valence-corrected chi connectivity index (χ4v) is 2.56. The third-order valence-corrected chi connectivity index (χ3v) is 3.70. The molecular formula is C15H15ClN2O2. The molecule has 0 radical (unpaired) electrons. The SMILES string of the molecule is O=C(NC1CCOC1c1ccc(Cl)cc1)c1ccc[nH]1. The lowest BCUT2D eigenvalue weighted by Gasteiger charge is -2.20. The molecule has 2 atom stereocenters. The first kappa shape index (κ1) is 13.2. The summed E-state index contributed by atoms with van der Waals surface area (Å²) in [6.07, 6.45) is 2.42. The number of benzene rings is 1. The van der Waals surface area contributed by atoms with Crippen LogP contribution in [0.15, 0.2) is 42.6 Å². The molecule has 1 fully saturated rings. The molecule has 1 saturated heterocycles.